The Bertz CT molecular complexity index is 1940. The summed E-state index contributed by atoms with van der Waals surface area (Å²) in [5.74, 6) is -0.274. The molecule has 0 aromatic rings. The fourth-order valence-corrected chi connectivity index (χ4v) is 9.83. The summed E-state index contributed by atoms with van der Waals surface area (Å²) in [7, 11) is 0. The van der Waals surface area contributed by atoms with Crippen LogP contribution in [0.4, 0.5) is 0 Å². The highest BCUT2D eigenvalue weighted by Crippen LogP contribution is 2.30. The number of rotatable bonds is 51. The van der Waals surface area contributed by atoms with E-state index in [0.717, 1.165) is 103 Å². The minimum absolute atomic E-state index is 0.242. The molecule has 1 amide bonds. The summed E-state index contributed by atoms with van der Waals surface area (Å²) in [6.07, 6.45) is 63.5. The number of hydrogen-bond donors (Lipinski definition) is 9. The van der Waals surface area contributed by atoms with Gasteiger partial charge in [-0.3, -0.25) is 4.79 Å². The molecule has 2 heterocycles. The molecule has 2 aliphatic heterocycles. The molecule has 9 N–H and O–H groups in total. The lowest BCUT2D eigenvalue weighted by Crippen LogP contribution is -2.65. The Balaban J connectivity index is 1.73. The molecule has 2 aliphatic rings. The van der Waals surface area contributed by atoms with E-state index in [-0.39, 0.29) is 18.9 Å². The first kappa shape index (κ1) is 77.2. The molecule has 0 aromatic heterocycles. The summed E-state index contributed by atoms with van der Waals surface area (Å²) < 4.78 is 22.8. The third-order valence-corrected chi connectivity index (χ3v) is 15.1. The molecule has 85 heavy (non-hydrogen) atoms. The van der Waals surface area contributed by atoms with Crippen molar-refractivity contribution >= 4 is 5.91 Å². The van der Waals surface area contributed by atoms with Gasteiger partial charge in [0.05, 0.1) is 32.0 Å². The molecule has 14 heteroatoms. The molecular formula is C71H117NO13. The number of aliphatic hydroxyl groups is 8. The van der Waals surface area contributed by atoms with Crippen molar-refractivity contribution in [1.82, 2.24) is 5.32 Å². The number of carbonyl (C=O) groups excluding carboxylic acids is 1. The number of allylic oxidation sites excluding steroid dienone is 21. The fourth-order valence-electron chi connectivity index (χ4n) is 9.83. The lowest BCUT2D eigenvalue weighted by molar-refractivity contribution is -0.359. The monoisotopic (exact) mass is 1190 g/mol. The number of nitrogens with one attached hydrogen (secondary N) is 1. The van der Waals surface area contributed by atoms with Crippen LogP contribution in [0.15, 0.2) is 134 Å². The summed E-state index contributed by atoms with van der Waals surface area (Å²) >= 11 is 0. The van der Waals surface area contributed by atoms with E-state index >= 15 is 0 Å². The van der Waals surface area contributed by atoms with E-state index in [2.05, 4.69) is 141 Å². The molecule has 0 bridgehead atoms. The van der Waals surface area contributed by atoms with Gasteiger partial charge in [0.15, 0.2) is 12.6 Å². The normalized spacial score (nSPS) is 24.4. The zero-order valence-electron chi connectivity index (χ0n) is 52.3. The summed E-state index contributed by atoms with van der Waals surface area (Å²) in [6.45, 7) is 2.64. The molecule has 2 saturated heterocycles. The molecule has 12 unspecified atom stereocenters. The molecule has 0 aliphatic carbocycles. The van der Waals surface area contributed by atoms with E-state index in [4.69, 9.17) is 18.9 Å². The van der Waals surface area contributed by atoms with E-state index in [9.17, 15) is 45.6 Å². The van der Waals surface area contributed by atoms with Gasteiger partial charge in [0.1, 0.15) is 48.8 Å². The summed E-state index contributed by atoms with van der Waals surface area (Å²) in [5, 5.41) is 87.2. The Labute approximate surface area is 513 Å². The van der Waals surface area contributed by atoms with Crippen LogP contribution in [0, 0.1) is 0 Å². The maximum atomic E-state index is 13.3. The molecule has 14 nitrogen and oxygen atoms in total. The van der Waals surface area contributed by atoms with Gasteiger partial charge in [0.2, 0.25) is 5.91 Å². The average molecular weight is 1190 g/mol. The Morgan fingerprint density at radius 1 is 0.435 bits per heavy atom. The van der Waals surface area contributed by atoms with Crippen molar-refractivity contribution < 1.29 is 64.6 Å². The van der Waals surface area contributed by atoms with Gasteiger partial charge in [-0.15, -0.1) is 0 Å². The van der Waals surface area contributed by atoms with Gasteiger partial charge in [-0.25, -0.2) is 0 Å². The maximum absolute atomic E-state index is 13.3. The van der Waals surface area contributed by atoms with E-state index < -0.39 is 86.8 Å². The second-order valence-electron chi connectivity index (χ2n) is 22.5. The molecule has 0 aromatic carbocycles. The highest BCUT2D eigenvalue weighted by Gasteiger charge is 2.51. The van der Waals surface area contributed by atoms with Crippen LogP contribution in [0.2, 0.25) is 0 Å². The van der Waals surface area contributed by atoms with E-state index in [1.807, 2.05) is 6.08 Å². The van der Waals surface area contributed by atoms with Crippen molar-refractivity contribution in [2.45, 2.75) is 286 Å². The third-order valence-electron chi connectivity index (χ3n) is 15.1. The van der Waals surface area contributed by atoms with Crippen LogP contribution in [0.5, 0.6) is 0 Å². The van der Waals surface area contributed by atoms with Gasteiger partial charge in [-0.05, 0) is 103 Å². The van der Waals surface area contributed by atoms with Crippen LogP contribution < -0.4 is 5.32 Å². The predicted octanol–water partition coefficient (Wildman–Crippen LogP) is 12.7. The largest absolute Gasteiger partial charge is 0.394 e. The number of carbonyl (C=O) groups is 1. The van der Waals surface area contributed by atoms with Crippen molar-refractivity contribution in [2.75, 3.05) is 19.8 Å². The molecule has 2 rings (SSSR count). The van der Waals surface area contributed by atoms with Crippen molar-refractivity contribution in [3.05, 3.63) is 134 Å². The molecule has 0 radical (unpaired) electrons. The SMILES string of the molecule is CC/C=C\C/C=C\C/C=C\C/C=C\C/C=C\C/C=C\C/C=C\C/C=C\C/C=C\CCCCCCCC(=O)NC(COC1OC(CO)C(OC2OC(CO)C(O)C(O)C2O)C(O)C1O)C(O)/C=C/CC/C=C/CCCCCCCCCCCCCC. The van der Waals surface area contributed by atoms with Crippen molar-refractivity contribution in [3.63, 3.8) is 0 Å². The molecule has 2 fully saturated rings. The highest BCUT2D eigenvalue weighted by atomic mass is 16.7. The number of amides is 1. The zero-order valence-corrected chi connectivity index (χ0v) is 52.3. The standard InChI is InChI=1S/C71H117NO13/c1-3-5-7-9-11-13-15-17-19-21-23-24-25-26-27-28-29-30-31-32-33-34-35-36-37-39-41-43-45-47-49-51-53-55-63(76)72-59(60(75)54-52-50-48-46-44-42-40-38-22-20-18-16-14-12-10-8-6-4-2)58-82-70-68(81)66(79)69(62(57-74)84-70)85-71-67(80)65(78)64(77)61(56-73)83-71/h5,7,11,13,17,19,23-24,26-27,29-30,32-33,35-36,39,41,44,46,52,54,59-62,64-71,73-75,77-81H,3-4,6,8-10,12,14-16,18,20-22,25,28,31,34,37-38,40,42-43,45,47-51,53,55-58H2,1-2H3,(H,72,76)/b7-5-,13-11-,19-17-,24-23-,27-26-,30-29-,33-32-,36-35-,41-39-,46-44+,54-52+. The minimum atomic E-state index is -1.80. The third kappa shape index (κ3) is 38.9. The Morgan fingerprint density at radius 2 is 0.824 bits per heavy atom. The van der Waals surface area contributed by atoms with Gasteiger partial charge in [0, 0.05) is 6.42 Å². The molecule has 484 valence electrons. The topological polar surface area (TPSA) is 228 Å². The lowest BCUT2D eigenvalue weighted by Gasteiger charge is -2.46. The van der Waals surface area contributed by atoms with Crippen LogP contribution in [-0.2, 0) is 23.7 Å². The van der Waals surface area contributed by atoms with E-state index in [1.54, 1.807) is 6.08 Å². The molecule has 0 spiro atoms. The number of ether oxygens (including phenoxy) is 4. The van der Waals surface area contributed by atoms with Crippen molar-refractivity contribution in [3.8, 4) is 0 Å². The van der Waals surface area contributed by atoms with Crippen LogP contribution in [0.1, 0.15) is 213 Å². The van der Waals surface area contributed by atoms with Gasteiger partial charge >= 0.3 is 0 Å². The van der Waals surface area contributed by atoms with E-state index in [1.165, 1.54) is 77.0 Å². The molecule has 0 saturated carbocycles. The van der Waals surface area contributed by atoms with Crippen LogP contribution in [-0.4, -0.2) is 140 Å². The minimum Gasteiger partial charge on any atom is -0.394 e. The van der Waals surface area contributed by atoms with Crippen LogP contribution in [0.3, 0.4) is 0 Å². The van der Waals surface area contributed by atoms with Gasteiger partial charge < -0.3 is 65.1 Å². The number of aliphatic hydroxyl groups excluding tert-OH is 8. The number of hydrogen-bond acceptors (Lipinski definition) is 13. The Hall–Kier alpha value is -3.87. The number of unbranched alkanes of at least 4 members (excludes halogenated alkanes) is 18. The van der Waals surface area contributed by atoms with Gasteiger partial charge in [0.25, 0.3) is 0 Å². The van der Waals surface area contributed by atoms with E-state index in [0.29, 0.717) is 12.8 Å². The lowest BCUT2D eigenvalue weighted by atomic mass is 9.97. The fraction of sp³-hybridized carbons (Fsp3) is 0.676. The Kier molecular flexibility index (Phi) is 49.3. The summed E-state index contributed by atoms with van der Waals surface area (Å²) in [6, 6.07) is -0.953. The zero-order chi connectivity index (χ0) is 61.6. The van der Waals surface area contributed by atoms with Gasteiger partial charge in [-0.2, -0.15) is 0 Å². The first-order valence-electron chi connectivity index (χ1n) is 32.9. The first-order valence-corrected chi connectivity index (χ1v) is 32.9. The maximum Gasteiger partial charge on any atom is 0.220 e. The molecular weight excluding hydrogens is 1070 g/mol. The summed E-state index contributed by atoms with van der Waals surface area (Å²) in [4.78, 5) is 13.3. The van der Waals surface area contributed by atoms with Crippen LogP contribution >= 0.6 is 0 Å². The predicted molar refractivity (Wildman–Crippen MR) is 345 cm³/mol. The average Bonchev–Trinajstić information content (AvgIpc) is 3.29. The second-order valence-corrected chi connectivity index (χ2v) is 22.5. The van der Waals surface area contributed by atoms with Crippen molar-refractivity contribution in [1.29, 1.82) is 0 Å². The van der Waals surface area contributed by atoms with Crippen molar-refractivity contribution in [2.24, 2.45) is 0 Å². The smallest absolute Gasteiger partial charge is 0.220 e. The summed E-state index contributed by atoms with van der Waals surface area (Å²) in [5.41, 5.74) is 0. The first-order chi connectivity index (χ1) is 41.6. The molecule has 12 atom stereocenters. The second kappa shape index (κ2) is 54.3. The highest BCUT2D eigenvalue weighted by molar-refractivity contribution is 5.76. The Morgan fingerprint density at radius 3 is 1.29 bits per heavy atom. The van der Waals surface area contributed by atoms with Gasteiger partial charge in [-0.1, -0.05) is 237 Å². The van der Waals surface area contributed by atoms with Crippen LogP contribution in [0.25, 0.3) is 0 Å². The quantitative estimate of drug-likeness (QED) is 0.0204.